The standard InChI is InChI=1S/C27H20Cl2F2N2O3/c1-14-6-3-4-7-17(14)25(34)33-15(2)27(13-32,19-11-10-16(28)12-21(19)30)22(24(33)26(35)36)18-8-5-9-20(29)23(18)31/h3-12,15,22,24H,1-2H3,(H,35,36)/t15-,22-,24+,27+/m0/s1. The maximum absolute atomic E-state index is 15.4. The zero-order valence-electron chi connectivity index (χ0n) is 19.2. The number of nitriles is 1. The average molecular weight is 529 g/mol. The molecule has 1 aliphatic rings. The van der Waals surface area contributed by atoms with Gasteiger partial charge in [0.1, 0.15) is 23.1 Å². The third-order valence-corrected chi connectivity index (χ3v) is 7.45. The van der Waals surface area contributed by atoms with E-state index in [1.54, 1.807) is 25.1 Å². The minimum atomic E-state index is -2.00. The second-order valence-electron chi connectivity index (χ2n) is 8.71. The quantitative estimate of drug-likeness (QED) is 0.442. The zero-order valence-corrected chi connectivity index (χ0v) is 20.7. The molecule has 36 heavy (non-hydrogen) atoms. The van der Waals surface area contributed by atoms with E-state index in [0.29, 0.717) is 5.56 Å². The number of aliphatic carboxylic acids is 1. The number of carboxylic acid groups (broad SMARTS) is 1. The fourth-order valence-electron chi connectivity index (χ4n) is 5.26. The van der Waals surface area contributed by atoms with Gasteiger partial charge >= 0.3 is 5.97 Å². The summed E-state index contributed by atoms with van der Waals surface area (Å²) in [7, 11) is 0. The van der Waals surface area contributed by atoms with Gasteiger partial charge in [-0.15, -0.1) is 0 Å². The van der Waals surface area contributed by atoms with Gasteiger partial charge in [0.05, 0.1) is 17.1 Å². The highest BCUT2D eigenvalue weighted by Crippen LogP contribution is 2.54. The number of carbonyl (C=O) groups excluding carboxylic acids is 1. The molecular formula is C27H20Cl2F2N2O3. The smallest absolute Gasteiger partial charge is 0.327 e. The first-order chi connectivity index (χ1) is 17.1. The van der Waals surface area contributed by atoms with E-state index in [-0.39, 0.29) is 26.7 Å². The molecule has 3 aromatic carbocycles. The summed E-state index contributed by atoms with van der Waals surface area (Å²) in [6, 6.07) is 13.4. The van der Waals surface area contributed by atoms with Gasteiger partial charge in [-0.1, -0.05) is 59.6 Å². The molecule has 0 radical (unpaired) electrons. The van der Waals surface area contributed by atoms with Crippen LogP contribution in [0.3, 0.4) is 0 Å². The Hall–Kier alpha value is -3.47. The number of rotatable bonds is 4. The van der Waals surface area contributed by atoms with E-state index >= 15 is 8.78 Å². The van der Waals surface area contributed by atoms with Crippen LogP contribution in [0.5, 0.6) is 0 Å². The molecule has 5 nitrogen and oxygen atoms in total. The summed E-state index contributed by atoms with van der Waals surface area (Å²) >= 11 is 12.0. The number of hydrogen-bond donors (Lipinski definition) is 1. The third kappa shape index (κ3) is 3.82. The van der Waals surface area contributed by atoms with E-state index in [1.165, 1.54) is 43.3 Å². The lowest BCUT2D eigenvalue weighted by atomic mass is 9.65. The van der Waals surface area contributed by atoms with Crippen molar-refractivity contribution >= 4 is 35.1 Å². The molecular weight excluding hydrogens is 509 g/mol. The Bertz CT molecular complexity index is 1420. The Kier molecular flexibility index (Phi) is 6.78. The molecule has 1 amide bonds. The molecule has 1 aliphatic heterocycles. The fourth-order valence-corrected chi connectivity index (χ4v) is 5.60. The molecule has 0 aromatic heterocycles. The van der Waals surface area contributed by atoms with Crippen molar-refractivity contribution in [2.75, 3.05) is 0 Å². The molecule has 1 saturated heterocycles. The van der Waals surface area contributed by atoms with E-state index in [2.05, 4.69) is 6.07 Å². The molecule has 1 N–H and O–H groups in total. The summed E-state index contributed by atoms with van der Waals surface area (Å²) in [6.07, 6.45) is 0. The van der Waals surface area contributed by atoms with Gasteiger partial charge in [0.2, 0.25) is 0 Å². The van der Waals surface area contributed by atoms with E-state index in [9.17, 15) is 20.0 Å². The second kappa shape index (κ2) is 9.53. The van der Waals surface area contributed by atoms with Crippen molar-refractivity contribution in [1.82, 2.24) is 4.90 Å². The summed E-state index contributed by atoms with van der Waals surface area (Å²) in [4.78, 5) is 27.6. The Labute approximate surface area is 216 Å². The molecule has 184 valence electrons. The molecule has 4 rings (SSSR count). The number of aryl methyl sites for hydroxylation is 1. The number of likely N-dealkylation sites (tertiary alicyclic amines) is 1. The van der Waals surface area contributed by atoms with Crippen molar-refractivity contribution in [3.8, 4) is 6.07 Å². The number of benzene rings is 3. The van der Waals surface area contributed by atoms with E-state index < -0.39 is 46.9 Å². The van der Waals surface area contributed by atoms with Crippen molar-refractivity contribution in [1.29, 1.82) is 5.26 Å². The number of carboxylic acids is 1. The largest absolute Gasteiger partial charge is 0.480 e. The number of nitrogens with zero attached hydrogens (tertiary/aromatic N) is 2. The first-order valence-corrected chi connectivity index (χ1v) is 11.7. The van der Waals surface area contributed by atoms with E-state index in [4.69, 9.17) is 23.2 Å². The Morgan fingerprint density at radius 3 is 2.39 bits per heavy atom. The van der Waals surface area contributed by atoms with Crippen molar-refractivity contribution in [2.45, 2.75) is 37.3 Å². The Balaban J connectivity index is 2.08. The van der Waals surface area contributed by atoms with Crippen molar-refractivity contribution in [2.24, 2.45) is 0 Å². The van der Waals surface area contributed by atoms with Crippen LogP contribution in [-0.4, -0.2) is 34.0 Å². The SMILES string of the molecule is Cc1ccccc1C(=O)N1[C@@H](C)[C@](C#N)(c2ccc(Cl)cc2F)[C@@H](c2cccc(Cl)c2F)[C@@H]1C(=O)O. The predicted octanol–water partition coefficient (Wildman–Crippen LogP) is 6.12. The summed E-state index contributed by atoms with van der Waals surface area (Å²) in [5.74, 6) is -5.47. The lowest BCUT2D eigenvalue weighted by molar-refractivity contribution is -0.142. The maximum atomic E-state index is 15.4. The van der Waals surface area contributed by atoms with Gasteiger partial charge < -0.3 is 10.0 Å². The van der Waals surface area contributed by atoms with Crippen LogP contribution >= 0.6 is 23.2 Å². The molecule has 0 bridgehead atoms. The molecule has 0 spiro atoms. The minimum Gasteiger partial charge on any atom is -0.480 e. The summed E-state index contributed by atoms with van der Waals surface area (Å²) in [5, 5.41) is 20.8. The van der Waals surface area contributed by atoms with E-state index in [1.807, 2.05) is 0 Å². The fraction of sp³-hybridized carbons (Fsp3) is 0.222. The molecule has 4 atom stereocenters. The molecule has 0 aliphatic carbocycles. The molecule has 9 heteroatoms. The van der Waals surface area contributed by atoms with Crippen LogP contribution in [-0.2, 0) is 10.2 Å². The number of hydrogen-bond acceptors (Lipinski definition) is 3. The van der Waals surface area contributed by atoms with Gasteiger partial charge in [-0.2, -0.15) is 5.26 Å². The van der Waals surface area contributed by atoms with Gasteiger partial charge in [0.15, 0.2) is 0 Å². The van der Waals surface area contributed by atoms with Gasteiger partial charge in [0, 0.05) is 22.1 Å². The molecule has 1 fully saturated rings. The molecule has 0 saturated carbocycles. The van der Waals surface area contributed by atoms with Crippen molar-refractivity contribution in [3.63, 3.8) is 0 Å². The van der Waals surface area contributed by atoms with Crippen LogP contribution in [0.25, 0.3) is 0 Å². The van der Waals surface area contributed by atoms with Crippen LogP contribution in [0, 0.1) is 29.9 Å². The monoisotopic (exact) mass is 528 g/mol. The van der Waals surface area contributed by atoms with Crippen LogP contribution < -0.4 is 0 Å². The van der Waals surface area contributed by atoms with Gasteiger partial charge in [0.25, 0.3) is 5.91 Å². The first-order valence-electron chi connectivity index (χ1n) is 11.0. The molecule has 0 unspecified atom stereocenters. The number of carbonyl (C=O) groups is 2. The highest BCUT2D eigenvalue weighted by molar-refractivity contribution is 6.31. The van der Waals surface area contributed by atoms with Crippen LogP contribution in [0.15, 0.2) is 60.7 Å². The molecule has 1 heterocycles. The summed E-state index contributed by atoms with van der Waals surface area (Å²) in [5.41, 5.74) is -1.61. The Morgan fingerprint density at radius 2 is 1.78 bits per heavy atom. The maximum Gasteiger partial charge on any atom is 0.327 e. The molecule has 3 aromatic rings. The lowest BCUT2D eigenvalue weighted by Gasteiger charge is -2.34. The van der Waals surface area contributed by atoms with Crippen LogP contribution in [0.4, 0.5) is 8.78 Å². The highest BCUT2D eigenvalue weighted by Gasteiger charge is 2.64. The normalized spacial score (nSPS) is 23.4. The van der Waals surface area contributed by atoms with Crippen LogP contribution in [0.2, 0.25) is 10.0 Å². The summed E-state index contributed by atoms with van der Waals surface area (Å²) < 4.78 is 30.9. The summed E-state index contributed by atoms with van der Waals surface area (Å²) in [6.45, 7) is 3.15. The predicted molar refractivity (Wildman–Crippen MR) is 131 cm³/mol. The van der Waals surface area contributed by atoms with Gasteiger partial charge in [-0.3, -0.25) is 4.79 Å². The zero-order chi connectivity index (χ0) is 26.4. The van der Waals surface area contributed by atoms with E-state index in [0.717, 1.165) is 11.0 Å². The lowest BCUT2D eigenvalue weighted by Crippen LogP contribution is -2.47. The average Bonchev–Trinajstić information content (AvgIpc) is 3.10. The Morgan fingerprint density at radius 1 is 1.08 bits per heavy atom. The van der Waals surface area contributed by atoms with Crippen molar-refractivity contribution < 1.29 is 23.5 Å². The second-order valence-corrected chi connectivity index (χ2v) is 9.56. The third-order valence-electron chi connectivity index (χ3n) is 6.92. The van der Waals surface area contributed by atoms with Crippen LogP contribution in [0.1, 0.15) is 39.9 Å². The number of halogens is 4. The highest BCUT2D eigenvalue weighted by atomic mass is 35.5. The van der Waals surface area contributed by atoms with Gasteiger partial charge in [-0.05, 0) is 49.2 Å². The van der Waals surface area contributed by atoms with Crippen molar-refractivity contribution in [3.05, 3.63) is 105 Å². The number of amides is 1. The minimum absolute atomic E-state index is 0.0584. The first kappa shape index (κ1) is 25.6. The van der Waals surface area contributed by atoms with Gasteiger partial charge in [-0.25, -0.2) is 13.6 Å². The topological polar surface area (TPSA) is 81.4 Å².